The summed E-state index contributed by atoms with van der Waals surface area (Å²) in [6, 6.07) is 1.93. The van der Waals surface area contributed by atoms with Gasteiger partial charge < -0.3 is 10.1 Å². The highest BCUT2D eigenvalue weighted by Crippen LogP contribution is 2.35. The number of benzene rings is 1. The smallest absolute Gasteiger partial charge is 0.338 e. The zero-order valence-corrected chi connectivity index (χ0v) is 11.6. The molecule has 114 valence electrons. The van der Waals surface area contributed by atoms with E-state index in [-0.39, 0.29) is 11.3 Å². The van der Waals surface area contributed by atoms with Crippen molar-refractivity contribution >= 4 is 23.0 Å². The maximum atomic E-state index is 11.4. The predicted molar refractivity (Wildman–Crippen MR) is 74.5 cm³/mol. The Hall–Kier alpha value is -2.71. The highest BCUT2D eigenvalue weighted by Gasteiger charge is 2.28. The Morgan fingerprint density at radius 2 is 1.76 bits per heavy atom. The van der Waals surface area contributed by atoms with E-state index in [1.54, 1.807) is 0 Å². The number of rotatable bonds is 7. The summed E-state index contributed by atoms with van der Waals surface area (Å²) >= 11 is 0. The van der Waals surface area contributed by atoms with Crippen molar-refractivity contribution < 1.29 is 19.4 Å². The topological polar surface area (TPSA) is 125 Å². The van der Waals surface area contributed by atoms with Crippen LogP contribution in [0.3, 0.4) is 0 Å². The highest BCUT2D eigenvalue weighted by molar-refractivity contribution is 5.93. The Bertz CT molecular complexity index is 537. The summed E-state index contributed by atoms with van der Waals surface area (Å²) in [5, 5.41) is 24.9. The van der Waals surface area contributed by atoms with Crippen LogP contribution in [0.25, 0.3) is 0 Å². The van der Waals surface area contributed by atoms with Crippen LogP contribution in [0.4, 0.5) is 17.1 Å². The van der Waals surface area contributed by atoms with Gasteiger partial charge in [0.05, 0.1) is 22.5 Å². The van der Waals surface area contributed by atoms with Crippen LogP contribution in [0.1, 0.15) is 30.1 Å². The van der Waals surface area contributed by atoms with Crippen LogP contribution in [0.15, 0.2) is 12.1 Å². The second-order valence-corrected chi connectivity index (χ2v) is 4.18. The molecule has 21 heavy (non-hydrogen) atoms. The molecule has 0 saturated carbocycles. The average Bonchev–Trinajstić information content (AvgIpc) is 2.45. The van der Waals surface area contributed by atoms with Crippen LogP contribution >= 0.6 is 0 Å². The van der Waals surface area contributed by atoms with Gasteiger partial charge in [0.1, 0.15) is 0 Å². The monoisotopic (exact) mass is 297 g/mol. The maximum Gasteiger partial charge on any atom is 0.338 e. The molecule has 1 N–H and O–H groups in total. The van der Waals surface area contributed by atoms with Crippen LogP contribution in [0.5, 0.6) is 0 Å². The summed E-state index contributed by atoms with van der Waals surface area (Å²) in [4.78, 5) is 32.1. The lowest BCUT2D eigenvalue weighted by atomic mass is 10.1. The predicted octanol–water partition coefficient (Wildman–Crippen LogP) is 2.50. The summed E-state index contributed by atoms with van der Waals surface area (Å²) in [5.74, 6) is -0.874. The van der Waals surface area contributed by atoms with Crippen molar-refractivity contribution in [2.75, 3.05) is 19.0 Å². The van der Waals surface area contributed by atoms with E-state index in [9.17, 15) is 25.0 Å². The lowest BCUT2D eigenvalue weighted by Gasteiger charge is -2.08. The third kappa shape index (κ3) is 3.88. The minimum atomic E-state index is -0.874. The van der Waals surface area contributed by atoms with E-state index in [1.807, 2.05) is 6.92 Å². The van der Waals surface area contributed by atoms with E-state index in [1.165, 1.54) is 0 Å². The third-order valence-corrected chi connectivity index (χ3v) is 2.74. The first-order valence-electron chi connectivity index (χ1n) is 6.21. The van der Waals surface area contributed by atoms with Gasteiger partial charge in [-0.3, -0.25) is 20.2 Å². The number of ether oxygens (including phenoxy) is 1. The van der Waals surface area contributed by atoms with Gasteiger partial charge in [0.25, 0.3) is 11.4 Å². The normalized spacial score (nSPS) is 10.0. The Balaban J connectivity index is 3.40. The van der Waals surface area contributed by atoms with E-state index in [0.29, 0.717) is 13.0 Å². The SMILES string of the molecule is CCCCNc1c([N+](=O)[O-])cc(C(=O)OC)cc1[N+](=O)[O-]. The zero-order chi connectivity index (χ0) is 16.0. The van der Waals surface area contributed by atoms with Gasteiger partial charge in [-0.25, -0.2) is 4.79 Å². The number of methoxy groups -OCH3 is 1. The summed E-state index contributed by atoms with van der Waals surface area (Å²) in [6.07, 6.45) is 1.53. The number of anilines is 1. The van der Waals surface area contributed by atoms with Crippen molar-refractivity contribution in [1.82, 2.24) is 0 Å². The fourth-order valence-electron chi connectivity index (χ4n) is 1.71. The van der Waals surface area contributed by atoms with Crippen molar-refractivity contribution in [3.8, 4) is 0 Å². The zero-order valence-electron chi connectivity index (χ0n) is 11.6. The molecule has 0 bridgehead atoms. The van der Waals surface area contributed by atoms with Gasteiger partial charge in [-0.05, 0) is 6.42 Å². The minimum absolute atomic E-state index is 0.203. The van der Waals surface area contributed by atoms with E-state index < -0.39 is 27.2 Å². The number of nitro groups is 2. The molecule has 1 rings (SSSR count). The standard InChI is InChI=1S/C12H15N3O6/c1-3-4-5-13-11-9(14(17)18)6-8(12(16)21-2)7-10(11)15(19)20/h6-7,13H,3-5H2,1-2H3. The number of esters is 1. The Labute approximate surface area is 120 Å². The number of hydrogen-bond acceptors (Lipinski definition) is 7. The Morgan fingerprint density at radius 3 is 2.14 bits per heavy atom. The first-order chi connectivity index (χ1) is 9.92. The summed E-state index contributed by atoms with van der Waals surface area (Å²) in [7, 11) is 1.09. The fraction of sp³-hybridized carbons (Fsp3) is 0.417. The number of nitro benzene ring substituents is 2. The number of carbonyl (C=O) groups is 1. The molecule has 1 aromatic carbocycles. The fourth-order valence-corrected chi connectivity index (χ4v) is 1.71. The number of unbranched alkanes of at least 4 members (excludes halogenated alkanes) is 1. The largest absolute Gasteiger partial charge is 0.465 e. The van der Waals surface area contributed by atoms with Crippen LogP contribution in [0.2, 0.25) is 0 Å². The summed E-state index contributed by atoms with van der Waals surface area (Å²) in [6.45, 7) is 2.28. The number of nitrogens with zero attached hydrogens (tertiary/aromatic N) is 2. The number of hydrogen-bond donors (Lipinski definition) is 1. The Kier molecular flexibility index (Phi) is 5.58. The molecular weight excluding hydrogens is 282 g/mol. The molecule has 0 spiro atoms. The van der Waals surface area contributed by atoms with E-state index in [0.717, 1.165) is 25.7 Å². The molecule has 0 fully saturated rings. The van der Waals surface area contributed by atoms with Crippen LogP contribution in [-0.2, 0) is 4.74 Å². The molecule has 0 amide bonds. The van der Waals surface area contributed by atoms with E-state index in [4.69, 9.17) is 0 Å². The van der Waals surface area contributed by atoms with Crippen molar-refractivity contribution in [3.63, 3.8) is 0 Å². The van der Waals surface area contributed by atoms with Crippen molar-refractivity contribution in [1.29, 1.82) is 0 Å². The second kappa shape index (κ2) is 7.17. The maximum absolute atomic E-state index is 11.4. The molecule has 0 saturated heterocycles. The average molecular weight is 297 g/mol. The molecule has 0 aromatic heterocycles. The quantitative estimate of drug-likeness (QED) is 0.354. The molecule has 0 unspecified atom stereocenters. The lowest BCUT2D eigenvalue weighted by Crippen LogP contribution is -2.10. The molecule has 0 aliphatic carbocycles. The minimum Gasteiger partial charge on any atom is -0.465 e. The molecule has 0 aliphatic rings. The first kappa shape index (κ1) is 16.3. The van der Waals surface area contributed by atoms with Gasteiger partial charge in [-0.1, -0.05) is 13.3 Å². The highest BCUT2D eigenvalue weighted by atomic mass is 16.6. The van der Waals surface area contributed by atoms with Crippen molar-refractivity contribution in [2.45, 2.75) is 19.8 Å². The van der Waals surface area contributed by atoms with Crippen LogP contribution in [0, 0.1) is 20.2 Å². The van der Waals surface area contributed by atoms with Gasteiger partial charge >= 0.3 is 5.97 Å². The van der Waals surface area contributed by atoms with Gasteiger partial charge in [0.15, 0.2) is 5.69 Å². The lowest BCUT2D eigenvalue weighted by molar-refractivity contribution is -0.392. The van der Waals surface area contributed by atoms with E-state index >= 15 is 0 Å². The molecule has 0 atom stereocenters. The molecule has 0 aliphatic heterocycles. The van der Waals surface area contributed by atoms with Crippen LogP contribution in [-0.4, -0.2) is 29.5 Å². The summed E-state index contributed by atoms with van der Waals surface area (Å²) < 4.78 is 4.44. The van der Waals surface area contributed by atoms with Gasteiger partial charge in [0, 0.05) is 18.7 Å². The second-order valence-electron chi connectivity index (χ2n) is 4.18. The molecule has 0 heterocycles. The summed E-state index contributed by atoms with van der Waals surface area (Å²) in [5.41, 5.74) is -1.50. The molecule has 9 heteroatoms. The van der Waals surface area contributed by atoms with Crippen molar-refractivity contribution in [3.05, 3.63) is 37.9 Å². The third-order valence-electron chi connectivity index (χ3n) is 2.74. The molecule has 1 aromatic rings. The molecule has 0 radical (unpaired) electrons. The van der Waals surface area contributed by atoms with Gasteiger partial charge in [-0.2, -0.15) is 0 Å². The number of nitrogens with one attached hydrogen (secondary N) is 1. The van der Waals surface area contributed by atoms with E-state index in [2.05, 4.69) is 10.1 Å². The first-order valence-corrected chi connectivity index (χ1v) is 6.21. The van der Waals surface area contributed by atoms with Crippen molar-refractivity contribution in [2.24, 2.45) is 0 Å². The Morgan fingerprint density at radius 1 is 1.24 bits per heavy atom. The number of carbonyl (C=O) groups excluding carboxylic acids is 1. The molecule has 9 nitrogen and oxygen atoms in total. The van der Waals surface area contributed by atoms with Crippen LogP contribution < -0.4 is 5.32 Å². The molecular formula is C12H15N3O6. The van der Waals surface area contributed by atoms with Gasteiger partial charge in [0.2, 0.25) is 0 Å². The van der Waals surface area contributed by atoms with Gasteiger partial charge in [-0.15, -0.1) is 0 Å².